The number of hydrogen-bond donors (Lipinski definition) is 1. The van der Waals surface area contributed by atoms with Crippen molar-refractivity contribution < 1.29 is 13.2 Å². The van der Waals surface area contributed by atoms with Gasteiger partial charge in [-0.25, -0.2) is 9.97 Å². The summed E-state index contributed by atoms with van der Waals surface area (Å²) in [5, 5.41) is 19.0. The highest BCUT2D eigenvalue weighted by Crippen LogP contribution is 2.29. The molecule has 3 aromatic rings. The van der Waals surface area contributed by atoms with E-state index in [4.69, 9.17) is 5.26 Å². The molecule has 0 unspecified atom stereocenters. The minimum Gasteiger partial charge on any atom is -0.234 e. The van der Waals surface area contributed by atoms with Gasteiger partial charge in [0.15, 0.2) is 5.69 Å². The third-order valence-electron chi connectivity index (χ3n) is 3.44. The average Bonchev–Trinajstić information content (AvgIpc) is 3.08. The van der Waals surface area contributed by atoms with Gasteiger partial charge in [-0.05, 0) is 36.8 Å². The zero-order chi connectivity index (χ0) is 18.7. The van der Waals surface area contributed by atoms with Crippen molar-refractivity contribution >= 4 is 12.2 Å². The summed E-state index contributed by atoms with van der Waals surface area (Å²) in [5.74, 6) is 0.460. The summed E-state index contributed by atoms with van der Waals surface area (Å²) in [6.45, 7) is 1.69. The molecule has 0 bridgehead atoms. The second-order valence-electron chi connectivity index (χ2n) is 5.31. The average molecular weight is 356 g/mol. The number of aromatic amines is 1. The number of aromatic nitrogens is 5. The number of H-pyrrole nitrogens is 1. The monoisotopic (exact) mass is 356 g/mol. The highest BCUT2D eigenvalue weighted by atomic mass is 19.4. The van der Waals surface area contributed by atoms with E-state index in [1.165, 1.54) is 12.1 Å². The molecule has 1 aromatic carbocycles. The lowest BCUT2D eigenvalue weighted by Gasteiger charge is -2.06. The third-order valence-corrected chi connectivity index (χ3v) is 3.44. The van der Waals surface area contributed by atoms with Gasteiger partial charge in [-0.2, -0.15) is 28.7 Å². The fourth-order valence-electron chi connectivity index (χ4n) is 2.25. The Bertz CT molecular complexity index is 997. The second-order valence-corrected chi connectivity index (χ2v) is 5.31. The summed E-state index contributed by atoms with van der Waals surface area (Å²) in [6.07, 6.45) is -1.08. The summed E-state index contributed by atoms with van der Waals surface area (Å²) in [7, 11) is 0. The number of hydrogen-bond acceptors (Lipinski definition) is 5. The molecule has 0 aliphatic carbocycles. The lowest BCUT2D eigenvalue weighted by molar-refractivity contribution is -0.137. The highest BCUT2D eigenvalue weighted by Gasteiger charge is 2.29. The predicted octanol–water partition coefficient (Wildman–Crippen LogP) is 3.63. The first kappa shape index (κ1) is 17.3. The van der Waals surface area contributed by atoms with Crippen LogP contribution in [-0.4, -0.2) is 25.4 Å². The molecule has 0 atom stereocenters. The molecule has 3 rings (SSSR count). The van der Waals surface area contributed by atoms with E-state index in [-0.39, 0.29) is 5.69 Å². The minimum atomic E-state index is -4.36. The van der Waals surface area contributed by atoms with Crippen molar-refractivity contribution in [3.63, 3.8) is 0 Å². The maximum atomic E-state index is 12.6. The smallest absolute Gasteiger partial charge is 0.234 e. The molecule has 6 nitrogen and oxygen atoms in total. The van der Waals surface area contributed by atoms with Crippen LogP contribution in [0.2, 0.25) is 0 Å². The van der Waals surface area contributed by atoms with Gasteiger partial charge in [-0.3, -0.25) is 0 Å². The van der Waals surface area contributed by atoms with E-state index < -0.39 is 11.7 Å². The topological polar surface area (TPSA) is 91.1 Å². The number of alkyl halides is 3. The molecule has 0 amide bonds. The van der Waals surface area contributed by atoms with E-state index in [1.54, 1.807) is 25.1 Å². The van der Waals surface area contributed by atoms with Crippen LogP contribution in [0.25, 0.3) is 23.5 Å². The lowest BCUT2D eigenvalue weighted by Crippen LogP contribution is -2.03. The Kier molecular flexibility index (Phi) is 4.49. The Morgan fingerprint density at radius 1 is 1.08 bits per heavy atom. The van der Waals surface area contributed by atoms with E-state index in [0.29, 0.717) is 28.5 Å². The summed E-state index contributed by atoms with van der Waals surface area (Å²) in [5.41, 5.74) is 1.26. The van der Waals surface area contributed by atoms with Gasteiger partial charge < -0.3 is 0 Å². The van der Waals surface area contributed by atoms with Gasteiger partial charge in [-0.15, -0.1) is 5.10 Å². The number of nitrogens with zero attached hydrogens (tertiary/aromatic N) is 5. The van der Waals surface area contributed by atoms with Crippen LogP contribution in [0.3, 0.4) is 0 Å². The number of nitrogens with one attached hydrogen (secondary N) is 1. The molecule has 0 aliphatic rings. The van der Waals surface area contributed by atoms with Crippen LogP contribution in [0.1, 0.15) is 28.3 Å². The van der Waals surface area contributed by atoms with Gasteiger partial charge in [-0.1, -0.05) is 18.2 Å². The fraction of sp³-hybridized carbons (Fsp3) is 0.118. The van der Waals surface area contributed by atoms with Crippen molar-refractivity contribution in [2.24, 2.45) is 0 Å². The number of rotatable bonds is 3. The summed E-state index contributed by atoms with van der Waals surface area (Å²) in [6, 6.07) is 8.32. The third kappa shape index (κ3) is 3.75. The highest BCUT2D eigenvalue weighted by molar-refractivity contribution is 5.70. The SMILES string of the molecule is Cc1nc(/C=C/c2ccc(C(F)(F)F)cc2)cc(-c2n[nH]nc2C#N)n1. The normalized spacial score (nSPS) is 11.7. The molecular formula is C17H11F3N6. The largest absolute Gasteiger partial charge is 0.416 e. The first-order chi connectivity index (χ1) is 12.4. The Morgan fingerprint density at radius 3 is 2.46 bits per heavy atom. The Balaban J connectivity index is 1.88. The maximum Gasteiger partial charge on any atom is 0.416 e. The van der Waals surface area contributed by atoms with Crippen molar-refractivity contribution in [3.05, 3.63) is 58.7 Å². The zero-order valence-electron chi connectivity index (χ0n) is 13.4. The minimum absolute atomic E-state index is 0.112. The van der Waals surface area contributed by atoms with Gasteiger partial charge in [0, 0.05) is 0 Å². The van der Waals surface area contributed by atoms with Crippen molar-refractivity contribution in [2.45, 2.75) is 13.1 Å². The van der Waals surface area contributed by atoms with Crippen molar-refractivity contribution in [1.82, 2.24) is 25.4 Å². The molecule has 2 aromatic heterocycles. The van der Waals surface area contributed by atoms with E-state index >= 15 is 0 Å². The van der Waals surface area contributed by atoms with Crippen LogP contribution in [-0.2, 0) is 6.18 Å². The van der Waals surface area contributed by atoms with Crippen LogP contribution in [0.15, 0.2) is 30.3 Å². The molecule has 0 fully saturated rings. The number of benzene rings is 1. The molecule has 130 valence electrons. The predicted molar refractivity (Wildman–Crippen MR) is 87.2 cm³/mol. The first-order valence-corrected chi connectivity index (χ1v) is 7.39. The summed E-state index contributed by atoms with van der Waals surface area (Å²) < 4.78 is 37.8. The number of nitriles is 1. The van der Waals surface area contributed by atoms with Gasteiger partial charge in [0.25, 0.3) is 0 Å². The van der Waals surface area contributed by atoms with Gasteiger partial charge in [0.2, 0.25) is 0 Å². The van der Waals surface area contributed by atoms with Crippen LogP contribution >= 0.6 is 0 Å². The molecule has 2 heterocycles. The Hall–Kier alpha value is -3.54. The van der Waals surface area contributed by atoms with E-state index in [1.807, 2.05) is 6.07 Å². The second kappa shape index (κ2) is 6.76. The molecule has 26 heavy (non-hydrogen) atoms. The molecule has 9 heteroatoms. The molecule has 0 saturated heterocycles. The first-order valence-electron chi connectivity index (χ1n) is 7.39. The van der Waals surface area contributed by atoms with E-state index in [2.05, 4.69) is 25.4 Å². The van der Waals surface area contributed by atoms with Crippen LogP contribution < -0.4 is 0 Å². The summed E-state index contributed by atoms with van der Waals surface area (Å²) >= 11 is 0. The zero-order valence-corrected chi connectivity index (χ0v) is 13.4. The quantitative estimate of drug-likeness (QED) is 0.774. The van der Waals surface area contributed by atoms with Gasteiger partial charge in [0.05, 0.1) is 17.0 Å². The standard InChI is InChI=1S/C17H11F3N6/c1-10-22-13(8-14(23-10)16-15(9-21)24-26-25-16)7-4-11-2-5-12(6-3-11)17(18,19)20/h2-8H,1H3,(H,24,25,26)/b7-4+. The molecular weight excluding hydrogens is 345 g/mol. The van der Waals surface area contributed by atoms with Gasteiger partial charge in [0.1, 0.15) is 17.6 Å². The molecule has 0 spiro atoms. The van der Waals surface area contributed by atoms with Crippen LogP contribution in [0, 0.1) is 18.3 Å². The maximum absolute atomic E-state index is 12.6. The number of halogens is 3. The Labute approximate surface area is 146 Å². The summed E-state index contributed by atoms with van der Waals surface area (Å²) in [4.78, 5) is 8.49. The Morgan fingerprint density at radius 2 is 1.81 bits per heavy atom. The molecule has 0 aliphatic heterocycles. The van der Waals surface area contributed by atoms with Crippen LogP contribution in [0.5, 0.6) is 0 Å². The van der Waals surface area contributed by atoms with Crippen molar-refractivity contribution in [1.29, 1.82) is 5.26 Å². The molecule has 0 saturated carbocycles. The van der Waals surface area contributed by atoms with Crippen molar-refractivity contribution in [2.75, 3.05) is 0 Å². The number of aryl methyl sites for hydroxylation is 1. The molecule has 0 radical (unpaired) electrons. The molecule has 1 N–H and O–H groups in total. The lowest BCUT2D eigenvalue weighted by atomic mass is 10.1. The fourth-order valence-corrected chi connectivity index (χ4v) is 2.25. The van der Waals surface area contributed by atoms with Crippen LogP contribution in [0.4, 0.5) is 13.2 Å². The van der Waals surface area contributed by atoms with E-state index in [9.17, 15) is 13.2 Å². The van der Waals surface area contributed by atoms with Crippen molar-refractivity contribution in [3.8, 4) is 17.5 Å². The van der Waals surface area contributed by atoms with E-state index in [0.717, 1.165) is 12.1 Å². The van der Waals surface area contributed by atoms with Gasteiger partial charge >= 0.3 is 6.18 Å².